The van der Waals surface area contributed by atoms with E-state index in [1.807, 2.05) is 24.3 Å². The van der Waals surface area contributed by atoms with E-state index in [9.17, 15) is 0 Å². The van der Waals surface area contributed by atoms with E-state index in [4.69, 9.17) is 22.3 Å². The number of aromatic nitrogens is 1. The fraction of sp³-hybridized carbons (Fsp3) is 0.438. The molecule has 2 aromatic rings. The Balaban J connectivity index is 1.96. The zero-order valence-corrected chi connectivity index (χ0v) is 13.2. The summed E-state index contributed by atoms with van der Waals surface area (Å²) in [5.74, 6) is 0. The smallest absolute Gasteiger partial charge is 0.113 e. The number of nitrogens with zero attached hydrogens (tertiary/aromatic N) is 1. The minimum atomic E-state index is -0.210. The maximum Gasteiger partial charge on any atom is 0.113 e. The Hall–Kier alpha value is -0.900. The third-order valence-corrected chi connectivity index (χ3v) is 5.53. The Bertz CT molecular complexity index is 597. The van der Waals surface area contributed by atoms with E-state index in [1.54, 1.807) is 11.3 Å². The first-order chi connectivity index (χ1) is 9.58. The quantitative estimate of drug-likeness (QED) is 0.858. The first kappa shape index (κ1) is 14.1. The van der Waals surface area contributed by atoms with Gasteiger partial charge in [0.1, 0.15) is 5.01 Å². The molecule has 1 aromatic carbocycles. The topological polar surface area (TPSA) is 38.9 Å². The zero-order valence-electron chi connectivity index (χ0n) is 11.7. The molecule has 1 aliphatic carbocycles. The lowest BCUT2D eigenvalue weighted by molar-refractivity contribution is 0.301. The third-order valence-electron chi connectivity index (χ3n) is 4.09. The van der Waals surface area contributed by atoms with Crippen LogP contribution in [0.4, 0.5) is 0 Å². The Morgan fingerprint density at radius 3 is 2.45 bits per heavy atom. The average molecular weight is 307 g/mol. The molecule has 106 valence electrons. The summed E-state index contributed by atoms with van der Waals surface area (Å²) in [5, 5.41) is 1.85. The summed E-state index contributed by atoms with van der Waals surface area (Å²) in [4.78, 5) is 6.09. The monoisotopic (exact) mass is 306 g/mol. The molecule has 2 N–H and O–H groups in total. The number of aryl methyl sites for hydroxylation is 1. The van der Waals surface area contributed by atoms with E-state index in [0.717, 1.165) is 34.1 Å². The van der Waals surface area contributed by atoms with Gasteiger partial charge in [-0.2, -0.15) is 0 Å². The van der Waals surface area contributed by atoms with E-state index < -0.39 is 0 Å². The molecule has 3 rings (SSSR count). The minimum Gasteiger partial charge on any atom is -0.319 e. The molecule has 0 amide bonds. The van der Waals surface area contributed by atoms with Crippen molar-refractivity contribution < 1.29 is 0 Å². The van der Waals surface area contributed by atoms with Crippen LogP contribution in [0.1, 0.15) is 42.0 Å². The second kappa shape index (κ2) is 5.47. The van der Waals surface area contributed by atoms with E-state index in [0.29, 0.717) is 0 Å². The fourth-order valence-electron chi connectivity index (χ4n) is 2.88. The van der Waals surface area contributed by atoms with Crippen LogP contribution in [0.2, 0.25) is 5.02 Å². The van der Waals surface area contributed by atoms with Crippen molar-refractivity contribution in [2.24, 2.45) is 5.73 Å². The van der Waals surface area contributed by atoms with Crippen molar-refractivity contribution in [3.8, 4) is 11.3 Å². The van der Waals surface area contributed by atoms with Crippen molar-refractivity contribution in [2.45, 2.75) is 44.6 Å². The second-order valence-corrected chi connectivity index (χ2v) is 7.29. The summed E-state index contributed by atoms with van der Waals surface area (Å²) in [6.07, 6.45) is 5.84. The molecule has 1 fully saturated rings. The summed E-state index contributed by atoms with van der Waals surface area (Å²) < 4.78 is 0. The van der Waals surface area contributed by atoms with E-state index >= 15 is 0 Å². The van der Waals surface area contributed by atoms with Gasteiger partial charge in [0, 0.05) is 15.5 Å². The van der Waals surface area contributed by atoms with Crippen molar-refractivity contribution in [2.75, 3.05) is 0 Å². The molecule has 1 aromatic heterocycles. The number of nitrogens with two attached hydrogens (primary N) is 1. The molecule has 0 atom stereocenters. The summed E-state index contributed by atoms with van der Waals surface area (Å²) >= 11 is 7.70. The average Bonchev–Trinajstić information content (AvgIpc) is 2.83. The van der Waals surface area contributed by atoms with Gasteiger partial charge in [-0.05, 0) is 31.9 Å². The highest BCUT2D eigenvalue weighted by atomic mass is 35.5. The Morgan fingerprint density at radius 1 is 1.15 bits per heavy atom. The molecule has 4 heteroatoms. The lowest BCUT2D eigenvalue weighted by atomic mass is 9.83. The van der Waals surface area contributed by atoms with Gasteiger partial charge in [0.05, 0.1) is 11.2 Å². The number of thiazole rings is 1. The number of benzene rings is 1. The predicted octanol–water partition coefficient (Wildman–Crippen LogP) is 4.89. The van der Waals surface area contributed by atoms with E-state index in [-0.39, 0.29) is 5.54 Å². The number of hydrogen-bond acceptors (Lipinski definition) is 3. The maximum atomic E-state index is 6.59. The van der Waals surface area contributed by atoms with E-state index in [1.165, 1.54) is 24.1 Å². The number of hydrogen-bond donors (Lipinski definition) is 1. The molecular formula is C16H19ClN2S. The molecule has 0 bridgehead atoms. The van der Waals surface area contributed by atoms with Crippen molar-refractivity contribution in [3.63, 3.8) is 0 Å². The van der Waals surface area contributed by atoms with Gasteiger partial charge < -0.3 is 5.73 Å². The highest BCUT2D eigenvalue weighted by Gasteiger charge is 2.33. The summed E-state index contributed by atoms with van der Waals surface area (Å²) in [6, 6.07) is 7.87. The highest BCUT2D eigenvalue weighted by Crippen LogP contribution is 2.39. The van der Waals surface area contributed by atoms with Crippen LogP contribution < -0.4 is 5.73 Å². The number of halogens is 1. The first-order valence-electron chi connectivity index (χ1n) is 7.11. The molecule has 1 aliphatic rings. The highest BCUT2D eigenvalue weighted by molar-refractivity contribution is 7.12. The van der Waals surface area contributed by atoms with Crippen LogP contribution in [-0.4, -0.2) is 4.98 Å². The molecule has 0 saturated heterocycles. The van der Waals surface area contributed by atoms with Gasteiger partial charge in [-0.15, -0.1) is 11.3 Å². The van der Waals surface area contributed by atoms with Crippen LogP contribution in [-0.2, 0) is 5.54 Å². The first-order valence-corrected chi connectivity index (χ1v) is 8.31. The largest absolute Gasteiger partial charge is 0.319 e. The molecular weight excluding hydrogens is 288 g/mol. The van der Waals surface area contributed by atoms with Crippen molar-refractivity contribution >= 4 is 22.9 Å². The standard InChI is InChI=1S/C16H19ClN2S/c1-11-14(12-5-7-13(17)8-6-12)19-15(20-11)16(18)9-3-2-4-10-16/h5-8H,2-4,9-10,18H2,1H3. The second-order valence-electron chi connectivity index (χ2n) is 5.65. The van der Waals surface area contributed by atoms with Gasteiger partial charge in [-0.25, -0.2) is 4.98 Å². The van der Waals surface area contributed by atoms with Crippen LogP contribution in [0, 0.1) is 6.92 Å². The van der Waals surface area contributed by atoms with Gasteiger partial charge in [0.2, 0.25) is 0 Å². The van der Waals surface area contributed by atoms with Crippen molar-refractivity contribution in [1.29, 1.82) is 0 Å². The summed E-state index contributed by atoms with van der Waals surface area (Å²) in [6.45, 7) is 2.12. The normalized spacial score (nSPS) is 18.1. The Labute approximate surface area is 129 Å². The van der Waals surface area contributed by atoms with Crippen molar-refractivity contribution in [1.82, 2.24) is 4.98 Å². The van der Waals surface area contributed by atoms with Crippen LogP contribution >= 0.6 is 22.9 Å². The molecule has 2 nitrogen and oxygen atoms in total. The van der Waals surface area contributed by atoms with Crippen LogP contribution in [0.5, 0.6) is 0 Å². The lowest BCUT2D eigenvalue weighted by Gasteiger charge is -2.31. The van der Waals surface area contributed by atoms with Crippen LogP contribution in [0.25, 0.3) is 11.3 Å². The summed E-state index contributed by atoms with van der Waals surface area (Å²) in [7, 11) is 0. The SMILES string of the molecule is Cc1sc(C2(N)CCCCC2)nc1-c1ccc(Cl)cc1. The molecule has 0 unspecified atom stereocenters. The third kappa shape index (κ3) is 2.62. The van der Waals surface area contributed by atoms with E-state index in [2.05, 4.69) is 6.92 Å². The molecule has 0 aliphatic heterocycles. The van der Waals surface area contributed by atoms with Gasteiger partial charge in [-0.3, -0.25) is 0 Å². The van der Waals surface area contributed by atoms with Crippen LogP contribution in [0.3, 0.4) is 0 Å². The molecule has 0 spiro atoms. The minimum absolute atomic E-state index is 0.210. The molecule has 0 radical (unpaired) electrons. The van der Waals surface area contributed by atoms with Gasteiger partial charge in [0.15, 0.2) is 0 Å². The number of rotatable bonds is 2. The zero-order chi connectivity index (χ0) is 14.2. The summed E-state index contributed by atoms with van der Waals surface area (Å²) in [5.41, 5.74) is 8.55. The molecule has 1 saturated carbocycles. The Kier molecular flexibility index (Phi) is 3.85. The molecule has 20 heavy (non-hydrogen) atoms. The van der Waals surface area contributed by atoms with Crippen molar-refractivity contribution in [3.05, 3.63) is 39.2 Å². The maximum absolute atomic E-state index is 6.59. The Morgan fingerprint density at radius 2 is 1.80 bits per heavy atom. The fourth-order valence-corrected chi connectivity index (χ4v) is 4.10. The van der Waals surface area contributed by atoms with Gasteiger partial charge in [-0.1, -0.05) is 43.0 Å². The van der Waals surface area contributed by atoms with Gasteiger partial charge >= 0.3 is 0 Å². The lowest BCUT2D eigenvalue weighted by Crippen LogP contribution is -2.38. The van der Waals surface area contributed by atoms with Crippen LogP contribution in [0.15, 0.2) is 24.3 Å². The molecule has 1 heterocycles. The van der Waals surface area contributed by atoms with Gasteiger partial charge in [0.25, 0.3) is 0 Å². The predicted molar refractivity (Wildman–Crippen MR) is 86.2 cm³/mol.